The highest BCUT2D eigenvalue weighted by Crippen LogP contribution is 2.19. The lowest BCUT2D eigenvalue weighted by Crippen LogP contribution is -2.11. The van der Waals surface area contributed by atoms with Crippen molar-refractivity contribution in [1.82, 2.24) is 14.9 Å². The second kappa shape index (κ2) is 5.55. The molecule has 0 radical (unpaired) electrons. The van der Waals surface area contributed by atoms with E-state index in [1.807, 2.05) is 11.6 Å². The number of nitrogens with zero attached hydrogens (tertiary/aromatic N) is 2. The number of fused-ring (bicyclic) bond motifs is 1. The van der Waals surface area contributed by atoms with Crippen molar-refractivity contribution in [3.63, 3.8) is 0 Å². The van der Waals surface area contributed by atoms with Gasteiger partial charge in [0.2, 0.25) is 0 Å². The molecule has 0 bridgehead atoms. The van der Waals surface area contributed by atoms with Crippen LogP contribution in [0.2, 0.25) is 0 Å². The molecule has 0 aliphatic rings. The zero-order valence-corrected chi connectivity index (χ0v) is 11.8. The van der Waals surface area contributed by atoms with Crippen LogP contribution in [0.15, 0.2) is 42.0 Å². The minimum atomic E-state index is 0.853. The molecule has 98 valence electrons. The average Bonchev–Trinajstić information content (AvgIpc) is 3.07. The Balaban J connectivity index is 1.91. The van der Waals surface area contributed by atoms with Gasteiger partial charge in [-0.25, -0.2) is 4.98 Å². The Morgan fingerprint density at radius 2 is 2.26 bits per heavy atom. The Morgan fingerprint density at radius 1 is 1.32 bits per heavy atom. The van der Waals surface area contributed by atoms with Gasteiger partial charge in [0.25, 0.3) is 0 Å². The van der Waals surface area contributed by atoms with Crippen molar-refractivity contribution >= 4 is 22.2 Å². The molecule has 3 aromatic rings. The van der Waals surface area contributed by atoms with Gasteiger partial charge in [0.05, 0.1) is 6.54 Å². The van der Waals surface area contributed by atoms with Crippen molar-refractivity contribution in [1.29, 1.82) is 0 Å². The van der Waals surface area contributed by atoms with E-state index < -0.39 is 0 Å². The van der Waals surface area contributed by atoms with Crippen LogP contribution in [-0.4, -0.2) is 16.1 Å². The number of thiazole rings is 1. The van der Waals surface area contributed by atoms with Crippen LogP contribution in [0.5, 0.6) is 0 Å². The second-order valence-corrected chi connectivity index (χ2v) is 5.52. The largest absolute Gasteiger partial charge is 0.341 e. The van der Waals surface area contributed by atoms with Gasteiger partial charge in [-0.2, -0.15) is 0 Å². The predicted molar refractivity (Wildman–Crippen MR) is 80.5 cm³/mol. The van der Waals surface area contributed by atoms with Gasteiger partial charge in [-0.1, -0.05) is 19.1 Å². The standard InChI is InChI=1S/C15H17N3S/c1-2-16-10-12-3-4-13-5-7-18(14(13)9-12)11-15-17-6-8-19-15/h3-9,16H,2,10-11H2,1H3. The van der Waals surface area contributed by atoms with Gasteiger partial charge < -0.3 is 9.88 Å². The van der Waals surface area contributed by atoms with Gasteiger partial charge in [0.1, 0.15) is 5.01 Å². The zero-order chi connectivity index (χ0) is 13.1. The Bertz CT molecular complexity index is 655. The summed E-state index contributed by atoms with van der Waals surface area (Å²) in [6.45, 7) is 4.91. The summed E-state index contributed by atoms with van der Waals surface area (Å²) in [5.41, 5.74) is 2.61. The first-order valence-corrected chi connectivity index (χ1v) is 7.41. The van der Waals surface area contributed by atoms with Crippen molar-refractivity contribution in [2.24, 2.45) is 0 Å². The van der Waals surface area contributed by atoms with Gasteiger partial charge in [-0.05, 0) is 29.6 Å². The quantitative estimate of drug-likeness (QED) is 0.772. The van der Waals surface area contributed by atoms with Crippen molar-refractivity contribution < 1.29 is 0 Å². The van der Waals surface area contributed by atoms with Gasteiger partial charge >= 0.3 is 0 Å². The molecule has 1 N–H and O–H groups in total. The summed E-state index contributed by atoms with van der Waals surface area (Å²) in [6, 6.07) is 8.82. The highest BCUT2D eigenvalue weighted by molar-refractivity contribution is 7.09. The Kier molecular flexibility index (Phi) is 3.62. The van der Waals surface area contributed by atoms with E-state index in [1.54, 1.807) is 11.3 Å². The van der Waals surface area contributed by atoms with E-state index in [2.05, 4.69) is 52.3 Å². The molecule has 0 unspecified atom stereocenters. The molecule has 0 saturated carbocycles. The molecule has 0 aliphatic carbocycles. The molecule has 2 heterocycles. The number of benzene rings is 1. The third-order valence-electron chi connectivity index (χ3n) is 3.21. The fourth-order valence-electron chi connectivity index (χ4n) is 2.22. The van der Waals surface area contributed by atoms with Gasteiger partial charge in [-0.15, -0.1) is 11.3 Å². The SMILES string of the molecule is CCNCc1ccc2ccn(Cc3nccs3)c2c1. The Labute approximate surface area is 116 Å². The highest BCUT2D eigenvalue weighted by Gasteiger charge is 2.04. The molecule has 0 spiro atoms. The molecule has 0 fully saturated rings. The minimum absolute atomic E-state index is 0.853. The van der Waals surface area contributed by atoms with Crippen molar-refractivity contribution in [3.05, 3.63) is 52.6 Å². The number of hydrogen-bond donors (Lipinski definition) is 1. The molecule has 3 nitrogen and oxygen atoms in total. The fourth-order valence-corrected chi connectivity index (χ4v) is 2.84. The number of hydrogen-bond acceptors (Lipinski definition) is 3. The third-order valence-corrected chi connectivity index (χ3v) is 3.97. The van der Waals surface area contributed by atoms with E-state index in [-0.39, 0.29) is 0 Å². The summed E-state index contributed by atoms with van der Waals surface area (Å²) in [6.07, 6.45) is 4.01. The van der Waals surface area contributed by atoms with Crippen LogP contribution < -0.4 is 5.32 Å². The number of aromatic nitrogens is 2. The second-order valence-electron chi connectivity index (χ2n) is 4.54. The number of nitrogens with one attached hydrogen (secondary N) is 1. The van der Waals surface area contributed by atoms with Crippen LogP contribution in [-0.2, 0) is 13.1 Å². The molecular formula is C15H17N3S. The summed E-state index contributed by atoms with van der Waals surface area (Å²) in [4.78, 5) is 4.36. The molecule has 4 heteroatoms. The maximum atomic E-state index is 4.36. The molecule has 0 aliphatic heterocycles. The minimum Gasteiger partial charge on any atom is -0.341 e. The van der Waals surface area contributed by atoms with E-state index in [9.17, 15) is 0 Å². The van der Waals surface area contributed by atoms with Crippen LogP contribution in [0.25, 0.3) is 10.9 Å². The summed E-state index contributed by atoms with van der Waals surface area (Å²) in [7, 11) is 0. The maximum Gasteiger partial charge on any atom is 0.112 e. The summed E-state index contributed by atoms with van der Waals surface area (Å²) in [5, 5.41) is 7.83. The zero-order valence-electron chi connectivity index (χ0n) is 11.0. The van der Waals surface area contributed by atoms with E-state index in [4.69, 9.17) is 0 Å². The summed E-state index contributed by atoms with van der Waals surface area (Å²) in [5.74, 6) is 0. The molecule has 0 saturated heterocycles. The molecule has 0 amide bonds. The molecule has 0 atom stereocenters. The third kappa shape index (κ3) is 2.69. The first kappa shape index (κ1) is 12.4. The van der Waals surface area contributed by atoms with Crippen molar-refractivity contribution in [2.45, 2.75) is 20.0 Å². The topological polar surface area (TPSA) is 29.9 Å². The highest BCUT2D eigenvalue weighted by atomic mass is 32.1. The molecule has 2 aromatic heterocycles. The predicted octanol–water partition coefficient (Wildman–Crippen LogP) is 3.26. The van der Waals surface area contributed by atoms with E-state index in [0.717, 1.165) is 24.6 Å². The molecule has 1 aromatic carbocycles. The van der Waals surface area contributed by atoms with E-state index in [0.29, 0.717) is 0 Å². The van der Waals surface area contributed by atoms with Crippen LogP contribution >= 0.6 is 11.3 Å². The molecule has 3 rings (SSSR count). The smallest absolute Gasteiger partial charge is 0.112 e. The Morgan fingerprint density at radius 3 is 3.05 bits per heavy atom. The normalized spacial score (nSPS) is 11.2. The van der Waals surface area contributed by atoms with Crippen molar-refractivity contribution in [2.75, 3.05) is 6.54 Å². The van der Waals surface area contributed by atoms with E-state index >= 15 is 0 Å². The summed E-state index contributed by atoms with van der Waals surface area (Å²) < 4.78 is 2.27. The first-order valence-electron chi connectivity index (χ1n) is 6.53. The van der Waals surface area contributed by atoms with Crippen LogP contribution in [0.1, 0.15) is 17.5 Å². The van der Waals surface area contributed by atoms with Crippen molar-refractivity contribution in [3.8, 4) is 0 Å². The fraction of sp³-hybridized carbons (Fsp3) is 0.267. The first-order chi connectivity index (χ1) is 9.36. The van der Waals surface area contributed by atoms with Gasteiger partial charge in [-0.3, -0.25) is 0 Å². The van der Waals surface area contributed by atoms with Crippen LogP contribution in [0.3, 0.4) is 0 Å². The maximum absolute atomic E-state index is 4.36. The van der Waals surface area contributed by atoms with Crippen LogP contribution in [0, 0.1) is 0 Å². The van der Waals surface area contributed by atoms with Gasteiger partial charge in [0, 0.05) is 29.8 Å². The number of rotatable bonds is 5. The lowest BCUT2D eigenvalue weighted by molar-refractivity contribution is 0.726. The van der Waals surface area contributed by atoms with Crippen LogP contribution in [0.4, 0.5) is 0 Å². The van der Waals surface area contributed by atoms with Gasteiger partial charge in [0.15, 0.2) is 0 Å². The Hall–Kier alpha value is -1.65. The lowest BCUT2D eigenvalue weighted by atomic mass is 10.1. The average molecular weight is 271 g/mol. The monoisotopic (exact) mass is 271 g/mol. The lowest BCUT2D eigenvalue weighted by Gasteiger charge is -2.06. The molecule has 19 heavy (non-hydrogen) atoms. The van der Waals surface area contributed by atoms with E-state index in [1.165, 1.54) is 16.5 Å². The summed E-state index contributed by atoms with van der Waals surface area (Å²) >= 11 is 1.70. The molecular weight excluding hydrogens is 254 g/mol.